The van der Waals surface area contributed by atoms with E-state index in [-0.39, 0.29) is 6.67 Å². The van der Waals surface area contributed by atoms with Crippen molar-refractivity contribution >= 4 is 10.9 Å². The van der Waals surface area contributed by atoms with E-state index in [1.165, 1.54) is 11.1 Å². The average Bonchev–Trinajstić information content (AvgIpc) is 2.68. The lowest BCUT2D eigenvalue weighted by Gasteiger charge is -2.10. The molecule has 26 heavy (non-hydrogen) atoms. The van der Waals surface area contributed by atoms with Crippen molar-refractivity contribution in [1.29, 1.82) is 0 Å². The number of fused-ring (bicyclic) bond motifs is 1. The highest BCUT2D eigenvalue weighted by atomic mass is 19.1. The Balaban J connectivity index is 1.64. The van der Waals surface area contributed by atoms with Gasteiger partial charge in [-0.15, -0.1) is 0 Å². The van der Waals surface area contributed by atoms with Crippen molar-refractivity contribution in [3.63, 3.8) is 0 Å². The van der Waals surface area contributed by atoms with E-state index in [1.807, 2.05) is 31.2 Å². The Labute approximate surface area is 154 Å². The van der Waals surface area contributed by atoms with Crippen LogP contribution in [0.1, 0.15) is 41.6 Å². The maximum Gasteiger partial charge on any atom is 0.129 e. The van der Waals surface area contributed by atoms with Gasteiger partial charge in [0, 0.05) is 16.6 Å². The van der Waals surface area contributed by atoms with E-state index < -0.39 is 0 Å². The fraction of sp³-hybridized carbons (Fsp3) is 0.348. The van der Waals surface area contributed by atoms with Crippen LogP contribution < -0.4 is 0 Å². The van der Waals surface area contributed by atoms with Crippen LogP contribution in [0, 0.1) is 6.92 Å². The van der Waals surface area contributed by atoms with E-state index in [2.05, 4.69) is 24.3 Å². The first-order valence-electron chi connectivity index (χ1n) is 9.40. The number of halogens is 1. The first-order valence-corrected chi connectivity index (χ1v) is 9.40. The molecule has 136 valence electrons. The number of para-hydroxylation sites is 1. The van der Waals surface area contributed by atoms with Crippen LogP contribution in [0.5, 0.6) is 5.75 Å². The fourth-order valence-corrected chi connectivity index (χ4v) is 3.32. The lowest BCUT2D eigenvalue weighted by atomic mass is 10.0. The normalized spacial score (nSPS) is 11.2. The van der Waals surface area contributed by atoms with Gasteiger partial charge in [-0.2, -0.15) is 0 Å². The molecular weight excluding hydrogens is 325 g/mol. The van der Waals surface area contributed by atoms with Gasteiger partial charge in [-0.3, -0.25) is 9.37 Å². The zero-order valence-corrected chi connectivity index (χ0v) is 15.3. The Hall–Kier alpha value is -2.42. The van der Waals surface area contributed by atoms with E-state index in [0.717, 1.165) is 54.3 Å². The Morgan fingerprint density at radius 2 is 1.54 bits per heavy atom. The predicted molar refractivity (Wildman–Crippen MR) is 106 cm³/mol. The molecule has 1 heterocycles. The van der Waals surface area contributed by atoms with Gasteiger partial charge in [0.05, 0.1) is 12.2 Å². The van der Waals surface area contributed by atoms with Gasteiger partial charge in [0.15, 0.2) is 0 Å². The van der Waals surface area contributed by atoms with E-state index in [4.69, 9.17) is 4.98 Å². The van der Waals surface area contributed by atoms with Crippen LogP contribution in [0.15, 0.2) is 48.5 Å². The summed E-state index contributed by atoms with van der Waals surface area (Å²) in [5, 5.41) is 11.2. The van der Waals surface area contributed by atoms with Crippen LogP contribution in [-0.2, 0) is 19.3 Å². The number of nitrogens with zero attached hydrogens (tertiary/aromatic N) is 1. The Morgan fingerprint density at radius 3 is 2.27 bits per heavy atom. The van der Waals surface area contributed by atoms with Crippen molar-refractivity contribution < 1.29 is 9.50 Å². The highest BCUT2D eigenvalue weighted by Crippen LogP contribution is 2.29. The van der Waals surface area contributed by atoms with Gasteiger partial charge in [-0.1, -0.05) is 42.8 Å². The lowest BCUT2D eigenvalue weighted by Crippen LogP contribution is -1.99. The molecule has 0 radical (unpaired) electrons. The molecule has 0 atom stereocenters. The van der Waals surface area contributed by atoms with Gasteiger partial charge >= 0.3 is 0 Å². The molecule has 2 aromatic carbocycles. The van der Waals surface area contributed by atoms with E-state index in [0.29, 0.717) is 12.2 Å². The summed E-state index contributed by atoms with van der Waals surface area (Å²) in [5.41, 5.74) is 5.25. The van der Waals surface area contributed by atoms with E-state index in [1.54, 1.807) is 0 Å². The van der Waals surface area contributed by atoms with Crippen LogP contribution in [0.25, 0.3) is 10.9 Å². The monoisotopic (exact) mass is 351 g/mol. The molecule has 3 rings (SSSR count). The topological polar surface area (TPSA) is 33.1 Å². The molecule has 1 aromatic heterocycles. The van der Waals surface area contributed by atoms with Crippen LogP contribution >= 0.6 is 0 Å². The average molecular weight is 351 g/mol. The fourth-order valence-electron chi connectivity index (χ4n) is 3.32. The highest BCUT2D eigenvalue weighted by molar-refractivity contribution is 5.86. The maximum absolute atomic E-state index is 12.1. The number of pyridine rings is 1. The minimum absolute atomic E-state index is 0.212. The van der Waals surface area contributed by atoms with Crippen molar-refractivity contribution in [3.05, 3.63) is 70.9 Å². The summed E-state index contributed by atoms with van der Waals surface area (Å²) in [7, 11) is 0. The molecule has 0 bridgehead atoms. The number of aryl methyl sites for hydroxylation is 3. The minimum Gasteiger partial charge on any atom is -0.507 e. The molecule has 0 aliphatic rings. The van der Waals surface area contributed by atoms with Gasteiger partial charge in [0.25, 0.3) is 0 Å². The Morgan fingerprint density at radius 1 is 0.846 bits per heavy atom. The van der Waals surface area contributed by atoms with Gasteiger partial charge in [0.2, 0.25) is 0 Å². The van der Waals surface area contributed by atoms with Crippen LogP contribution in [-0.4, -0.2) is 16.8 Å². The summed E-state index contributed by atoms with van der Waals surface area (Å²) in [4.78, 5) is 4.74. The minimum atomic E-state index is -0.212. The number of hydrogen-bond donors (Lipinski definition) is 1. The molecule has 3 aromatic rings. The maximum atomic E-state index is 12.1. The number of rotatable bonds is 8. The van der Waals surface area contributed by atoms with Crippen LogP contribution in [0.3, 0.4) is 0 Å². The lowest BCUT2D eigenvalue weighted by molar-refractivity contribution is 0.456. The third kappa shape index (κ3) is 4.40. The van der Waals surface area contributed by atoms with Crippen molar-refractivity contribution in [3.8, 4) is 5.75 Å². The first-order chi connectivity index (χ1) is 12.7. The largest absolute Gasteiger partial charge is 0.507 e. The number of alkyl halides is 1. The second-order valence-electron chi connectivity index (χ2n) is 6.87. The molecule has 0 saturated heterocycles. The van der Waals surface area contributed by atoms with Crippen molar-refractivity contribution in [1.82, 2.24) is 4.98 Å². The SMILES string of the molecule is Cc1c(CCc2ccc(CCCCCF)cc2)nc2ccccc2c1O. The van der Waals surface area contributed by atoms with Gasteiger partial charge < -0.3 is 5.11 Å². The smallest absolute Gasteiger partial charge is 0.129 e. The van der Waals surface area contributed by atoms with E-state index in [9.17, 15) is 9.50 Å². The van der Waals surface area contributed by atoms with Crippen molar-refractivity contribution in [2.24, 2.45) is 0 Å². The predicted octanol–water partition coefficient (Wildman–Crippen LogP) is 5.72. The molecule has 3 heteroatoms. The third-order valence-corrected chi connectivity index (χ3v) is 4.98. The van der Waals surface area contributed by atoms with Gasteiger partial charge in [-0.25, -0.2) is 0 Å². The third-order valence-electron chi connectivity index (χ3n) is 4.98. The molecule has 0 saturated carbocycles. The van der Waals surface area contributed by atoms with Crippen LogP contribution in [0.4, 0.5) is 4.39 Å². The molecular formula is C23H26FNO. The Kier molecular flexibility index (Phi) is 6.21. The van der Waals surface area contributed by atoms with E-state index >= 15 is 0 Å². The van der Waals surface area contributed by atoms with Gasteiger partial charge in [-0.05, 0) is 62.3 Å². The molecule has 0 unspecified atom stereocenters. The summed E-state index contributed by atoms with van der Waals surface area (Å²) < 4.78 is 12.1. The number of aromatic hydroxyl groups is 1. The summed E-state index contributed by atoms with van der Waals surface area (Å²) in [6.45, 7) is 1.72. The zero-order chi connectivity index (χ0) is 18.4. The number of benzene rings is 2. The molecule has 1 N–H and O–H groups in total. The molecule has 2 nitrogen and oxygen atoms in total. The van der Waals surface area contributed by atoms with Gasteiger partial charge in [0.1, 0.15) is 5.75 Å². The number of unbranched alkanes of at least 4 members (excludes halogenated alkanes) is 2. The number of hydrogen-bond acceptors (Lipinski definition) is 2. The summed E-state index contributed by atoms with van der Waals surface area (Å²) in [6, 6.07) is 16.4. The van der Waals surface area contributed by atoms with Crippen molar-refractivity contribution in [2.75, 3.05) is 6.67 Å². The summed E-state index contributed by atoms with van der Waals surface area (Å²) in [5.74, 6) is 0.342. The first kappa shape index (κ1) is 18.4. The highest BCUT2D eigenvalue weighted by Gasteiger charge is 2.10. The van der Waals surface area contributed by atoms with Crippen LogP contribution in [0.2, 0.25) is 0 Å². The number of aromatic nitrogens is 1. The summed E-state index contributed by atoms with van der Waals surface area (Å²) in [6.07, 6.45) is 5.38. The standard InChI is InChI=1S/C23H26FNO/c1-17-21(25-22-9-5-4-8-20(22)23(17)26)15-14-19-12-10-18(11-13-19)7-3-2-6-16-24/h4-5,8-13H,2-3,6-7,14-16H2,1H3,(H,25,26). The van der Waals surface area contributed by atoms with Crippen molar-refractivity contribution in [2.45, 2.75) is 45.4 Å². The molecule has 0 aliphatic heterocycles. The second kappa shape index (κ2) is 8.79. The summed E-state index contributed by atoms with van der Waals surface area (Å²) >= 11 is 0. The Bertz CT molecular complexity index is 858. The molecule has 0 amide bonds. The molecule has 0 aliphatic carbocycles. The molecule has 0 fully saturated rings. The molecule has 0 spiro atoms. The zero-order valence-electron chi connectivity index (χ0n) is 15.3. The second-order valence-corrected chi connectivity index (χ2v) is 6.87. The quantitative estimate of drug-likeness (QED) is 0.527.